The summed E-state index contributed by atoms with van der Waals surface area (Å²) in [5.41, 5.74) is 3.21. The molecule has 0 aliphatic carbocycles. The first kappa shape index (κ1) is 15.7. The number of benzene rings is 3. The summed E-state index contributed by atoms with van der Waals surface area (Å²) >= 11 is 5.87. The van der Waals surface area contributed by atoms with Gasteiger partial charge in [-0.05, 0) is 52.9 Å². The molecular formula is C20H15ClF2. The first-order valence-electron chi connectivity index (χ1n) is 7.43. The number of rotatable bonds is 3. The van der Waals surface area contributed by atoms with Crippen molar-refractivity contribution in [3.63, 3.8) is 0 Å². The van der Waals surface area contributed by atoms with Crippen LogP contribution in [-0.2, 0) is 6.42 Å². The fraction of sp³-hybridized carbons (Fsp3) is 0.100. The fourth-order valence-electron chi connectivity index (χ4n) is 2.57. The van der Waals surface area contributed by atoms with Crippen LogP contribution in [0.1, 0.15) is 12.5 Å². The van der Waals surface area contributed by atoms with Gasteiger partial charge in [-0.2, -0.15) is 0 Å². The molecule has 0 aliphatic heterocycles. The van der Waals surface area contributed by atoms with E-state index in [-0.39, 0.29) is 11.6 Å². The second-order valence-electron chi connectivity index (χ2n) is 5.36. The van der Waals surface area contributed by atoms with Crippen molar-refractivity contribution in [1.29, 1.82) is 0 Å². The van der Waals surface area contributed by atoms with Gasteiger partial charge in [0, 0.05) is 10.6 Å². The van der Waals surface area contributed by atoms with E-state index in [9.17, 15) is 8.78 Å². The summed E-state index contributed by atoms with van der Waals surface area (Å²) in [5, 5.41) is 0.636. The van der Waals surface area contributed by atoms with Gasteiger partial charge in [0.05, 0.1) is 0 Å². The second kappa shape index (κ2) is 6.51. The van der Waals surface area contributed by atoms with E-state index in [0.717, 1.165) is 11.1 Å². The zero-order chi connectivity index (χ0) is 16.4. The largest absolute Gasteiger partial charge is 0.207 e. The van der Waals surface area contributed by atoms with Crippen LogP contribution in [0.3, 0.4) is 0 Å². The Balaban J connectivity index is 1.99. The quantitative estimate of drug-likeness (QED) is 0.513. The van der Waals surface area contributed by atoms with Crippen molar-refractivity contribution in [2.75, 3.05) is 0 Å². The molecule has 0 nitrogen and oxygen atoms in total. The van der Waals surface area contributed by atoms with Gasteiger partial charge in [0.25, 0.3) is 0 Å². The van der Waals surface area contributed by atoms with E-state index in [4.69, 9.17) is 11.6 Å². The molecule has 116 valence electrons. The summed E-state index contributed by atoms with van der Waals surface area (Å²) in [6, 6.07) is 17.0. The third-order valence-corrected chi connectivity index (χ3v) is 4.14. The standard InChI is InChI=1S/C20H15ClF2/c1-2-13-3-4-16(12-19(13)22)18-10-7-15(11-20(18)23)14-5-8-17(21)9-6-14/h3-12H,2H2,1H3. The highest BCUT2D eigenvalue weighted by Gasteiger charge is 2.10. The van der Waals surface area contributed by atoms with E-state index in [1.807, 2.05) is 25.1 Å². The van der Waals surface area contributed by atoms with Crippen molar-refractivity contribution in [3.05, 3.63) is 82.9 Å². The molecule has 3 aromatic rings. The van der Waals surface area contributed by atoms with Crippen LogP contribution < -0.4 is 0 Å². The van der Waals surface area contributed by atoms with Crippen LogP contribution in [0.15, 0.2) is 60.7 Å². The van der Waals surface area contributed by atoms with E-state index in [1.54, 1.807) is 30.3 Å². The predicted octanol–water partition coefficient (Wildman–Crippen LogP) is 6.51. The lowest BCUT2D eigenvalue weighted by Crippen LogP contribution is -1.91. The van der Waals surface area contributed by atoms with Crippen LogP contribution >= 0.6 is 11.6 Å². The molecule has 0 unspecified atom stereocenters. The third kappa shape index (κ3) is 3.27. The number of hydrogen-bond acceptors (Lipinski definition) is 0. The minimum atomic E-state index is -0.374. The Hall–Kier alpha value is -2.19. The Labute approximate surface area is 139 Å². The van der Waals surface area contributed by atoms with E-state index in [1.165, 1.54) is 12.1 Å². The van der Waals surface area contributed by atoms with Crippen molar-refractivity contribution < 1.29 is 8.78 Å². The molecule has 0 fully saturated rings. The van der Waals surface area contributed by atoms with Crippen LogP contribution in [-0.4, -0.2) is 0 Å². The molecule has 0 radical (unpaired) electrons. The van der Waals surface area contributed by atoms with Gasteiger partial charge in [-0.15, -0.1) is 0 Å². The molecule has 3 heteroatoms. The average Bonchev–Trinajstić information content (AvgIpc) is 2.55. The number of aryl methyl sites for hydroxylation is 1. The Bertz CT molecular complexity index is 839. The lowest BCUT2D eigenvalue weighted by molar-refractivity contribution is 0.611. The summed E-state index contributed by atoms with van der Waals surface area (Å²) in [5.74, 6) is -0.674. The van der Waals surface area contributed by atoms with Gasteiger partial charge in [-0.1, -0.05) is 54.9 Å². The van der Waals surface area contributed by atoms with Gasteiger partial charge >= 0.3 is 0 Å². The van der Waals surface area contributed by atoms with E-state index in [2.05, 4.69) is 0 Å². The molecule has 23 heavy (non-hydrogen) atoms. The molecule has 3 rings (SSSR count). The van der Waals surface area contributed by atoms with Crippen molar-refractivity contribution in [1.82, 2.24) is 0 Å². The lowest BCUT2D eigenvalue weighted by Gasteiger charge is -2.09. The first-order chi connectivity index (χ1) is 11.1. The second-order valence-corrected chi connectivity index (χ2v) is 5.80. The monoisotopic (exact) mass is 328 g/mol. The molecular weight excluding hydrogens is 314 g/mol. The summed E-state index contributed by atoms with van der Waals surface area (Å²) < 4.78 is 28.4. The van der Waals surface area contributed by atoms with Crippen LogP contribution in [0.2, 0.25) is 5.02 Å². The Morgan fingerprint density at radius 2 is 1.35 bits per heavy atom. The van der Waals surface area contributed by atoms with E-state index >= 15 is 0 Å². The maximum Gasteiger partial charge on any atom is 0.131 e. The van der Waals surface area contributed by atoms with Gasteiger partial charge in [0.1, 0.15) is 11.6 Å². The van der Waals surface area contributed by atoms with E-state index < -0.39 is 0 Å². The van der Waals surface area contributed by atoms with Gasteiger partial charge in [-0.25, -0.2) is 8.78 Å². The lowest BCUT2D eigenvalue weighted by atomic mass is 9.98. The topological polar surface area (TPSA) is 0 Å². The van der Waals surface area contributed by atoms with Crippen molar-refractivity contribution >= 4 is 11.6 Å². The van der Waals surface area contributed by atoms with Gasteiger partial charge < -0.3 is 0 Å². The number of halogens is 3. The smallest absolute Gasteiger partial charge is 0.131 e. The first-order valence-corrected chi connectivity index (χ1v) is 7.80. The molecule has 0 saturated carbocycles. The third-order valence-electron chi connectivity index (χ3n) is 3.89. The van der Waals surface area contributed by atoms with E-state index in [0.29, 0.717) is 28.1 Å². The SMILES string of the molecule is CCc1ccc(-c2ccc(-c3ccc(Cl)cc3)cc2F)cc1F. The van der Waals surface area contributed by atoms with Crippen molar-refractivity contribution in [2.45, 2.75) is 13.3 Å². The molecule has 0 atom stereocenters. The molecule has 0 spiro atoms. The molecule has 0 aromatic heterocycles. The summed E-state index contributed by atoms with van der Waals surface area (Å²) in [6.07, 6.45) is 0.615. The zero-order valence-electron chi connectivity index (χ0n) is 12.6. The molecule has 0 saturated heterocycles. The minimum absolute atomic E-state index is 0.300. The van der Waals surface area contributed by atoms with Crippen LogP contribution in [0, 0.1) is 11.6 Å². The van der Waals surface area contributed by atoms with Crippen LogP contribution in [0.25, 0.3) is 22.3 Å². The molecule has 0 aliphatic rings. The van der Waals surface area contributed by atoms with Crippen LogP contribution in [0.5, 0.6) is 0 Å². The summed E-state index contributed by atoms with van der Waals surface area (Å²) in [4.78, 5) is 0. The molecule has 0 bridgehead atoms. The molecule has 3 aromatic carbocycles. The molecule has 0 amide bonds. The number of hydrogen-bond donors (Lipinski definition) is 0. The highest BCUT2D eigenvalue weighted by atomic mass is 35.5. The molecule has 0 heterocycles. The Kier molecular flexibility index (Phi) is 4.44. The predicted molar refractivity (Wildman–Crippen MR) is 91.6 cm³/mol. The maximum atomic E-state index is 14.5. The average molecular weight is 329 g/mol. The van der Waals surface area contributed by atoms with Gasteiger partial charge in [0.2, 0.25) is 0 Å². The van der Waals surface area contributed by atoms with Gasteiger partial charge in [-0.3, -0.25) is 0 Å². The normalized spacial score (nSPS) is 10.8. The summed E-state index contributed by atoms with van der Waals surface area (Å²) in [7, 11) is 0. The maximum absolute atomic E-state index is 14.5. The van der Waals surface area contributed by atoms with Crippen molar-refractivity contribution in [2.24, 2.45) is 0 Å². The highest BCUT2D eigenvalue weighted by molar-refractivity contribution is 6.30. The Morgan fingerprint density at radius 3 is 1.96 bits per heavy atom. The van der Waals surface area contributed by atoms with Crippen molar-refractivity contribution in [3.8, 4) is 22.3 Å². The highest BCUT2D eigenvalue weighted by Crippen LogP contribution is 2.29. The summed E-state index contributed by atoms with van der Waals surface area (Å²) in [6.45, 7) is 1.89. The Morgan fingerprint density at radius 1 is 0.739 bits per heavy atom. The van der Waals surface area contributed by atoms with Crippen LogP contribution in [0.4, 0.5) is 8.78 Å². The minimum Gasteiger partial charge on any atom is -0.207 e. The van der Waals surface area contributed by atoms with Gasteiger partial charge in [0.15, 0.2) is 0 Å². The fourth-order valence-corrected chi connectivity index (χ4v) is 2.70. The zero-order valence-corrected chi connectivity index (χ0v) is 13.4. The molecule has 0 N–H and O–H groups in total.